The van der Waals surface area contributed by atoms with Crippen molar-refractivity contribution in [1.29, 1.82) is 0 Å². The highest BCUT2D eigenvalue weighted by Crippen LogP contribution is 2.43. The van der Waals surface area contributed by atoms with Crippen LogP contribution >= 0.6 is 11.6 Å². The number of alkyl halides is 6. The summed E-state index contributed by atoms with van der Waals surface area (Å²) in [5.41, 5.74) is -4.33. The summed E-state index contributed by atoms with van der Waals surface area (Å²) in [6.45, 7) is 23.7. The average molecular weight is 757 g/mol. The maximum Gasteiger partial charge on any atom is 0.495 e. The summed E-state index contributed by atoms with van der Waals surface area (Å²) in [6, 6.07) is 10.4. The number of halogens is 11. The number of benzene rings is 4. The third kappa shape index (κ3) is 9.26. The van der Waals surface area contributed by atoms with E-state index in [2.05, 4.69) is 9.69 Å². The van der Waals surface area contributed by atoms with E-state index in [4.69, 9.17) is 34.1 Å². The number of hydrogen-bond donors (Lipinski definition) is 0. The van der Waals surface area contributed by atoms with Crippen LogP contribution in [0.15, 0.2) is 60.7 Å². The molecular formula is C36H28BClF10N2O2. The fourth-order valence-corrected chi connectivity index (χ4v) is 4.84. The highest BCUT2D eigenvalue weighted by Gasteiger charge is 2.52. The molecule has 4 nitrogen and oxygen atoms in total. The zero-order valence-corrected chi connectivity index (χ0v) is 29.0. The predicted molar refractivity (Wildman–Crippen MR) is 177 cm³/mol. The highest BCUT2D eigenvalue weighted by molar-refractivity contribution is 6.62. The van der Waals surface area contributed by atoms with Crippen molar-refractivity contribution in [3.8, 4) is 11.1 Å². The molecule has 0 unspecified atom stereocenters. The molecule has 0 radical (unpaired) electrons. The molecule has 0 aromatic heterocycles. The van der Waals surface area contributed by atoms with E-state index in [9.17, 15) is 43.9 Å². The summed E-state index contributed by atoms with van der Waals surface area (Å²) < 4.78 is 141. The van der Waals surface area contributed by atoms with Crippen LogP contribution in [0.5, 0.6) is 0 Å². The lowest BCUT2D eigenvalue weighted by Crippen LogP contribution is -2.41. The van der Waals surface area contributed by atoms with Gasteiger partial charge in [-0.15, -0.1) is 0 Å². The van der Waals surface area contributed by atoms with Gasteiger partial charge in [0.2, 0.25) is 5.69 Å². The maximum absolute atomic E-state index is 13.6. The maximum atomic E-state index is 13.6. The molecule has 4 aromatic rings. The summed E-state index contributed by atoms with van der Waals surface area (Å²) in [4.78, 5) is 5.87. The Hall–Kier alpha value is -4.57. The van der Waals surface area contributed by atoms with Gasteiger partial charge in [0.15, 0.2) is 5.69 Å². The SMILES string of the molecule is Cc1c(F)cc(B2OC(C)(C)C(C)(C)O2)cc1F.[C-]#[N+]c1cccc(C(F)(F)F)c1-c1cc(F)c(C)c(F)c1.[C-]#[N+]c1cccc(C(F)(F)F)c1Cl. The molecule has 0 saturated carbocycles. The van der Waals surface area contributed by atoms with Crippen molar-refractivity contribution in [3.05, 3.63) is 134 Å². The van der Waals surface area contributed by atoms with E-state index in [1.165, 1.54) is 38.1 Å². The van der Waals surface area contributed by atoms with Crippen LogP contribution in [0.1, 0.15) is 49.9 Å². The molecule has 274 valence electrons. The Morgan fingerprint density at radius 1 is 0.635 bits per heavy atom. The van der Waals surface area contributed by atoms with Gasteiger partial charge in [0.25, 0.3) is 0 Å². The van der Waals surface area contributed by atoms with E-state index in [-0.39, 0.29) is 28.1 Å². The first-order valence-electron chi connectivity index (χ1n) is 14.9. The molecular weight excluding hydrogens is 729 g/mol. The average Bonchev–Trinajstić information content (AvgIpc) is 3.27. The van der Waals surface area contributed by atoms with Gasteiger partial charge in [-0.25, -0.2) is 27.3 Å². The summed E-state index contributed by atoms with van der Waals surface area (Å²) in [6.07, 6.45) is -9.23. The first-order valence-corrected chi connectivity index (χ1v) is 15.3. The monoisotopic (exact) mass is 756 g/mol. The van der Waals surface area contributed by atoms with E-state index < -0.39 is 75.7 Å². The minimum Gasteiger partial charge on any atom is -0.399 e. The van der Waals surface area contributed by atoms with Crippen molar-refractivity contribution in [3.63, 3.8) is 0 Å². The van der Waals surface area contributed by atoms with Crippen molar-refractivity contribution in [1.82, 2.24) is 0 Å². The number of nitrogens with zero attached hydrogens (tertiary/aromatic N) is 2. The van der Waals surface area contributed by atoms with Gasteiger partial charge in [-0.3, -0.25) is 0 Å². The first-order chi connectivity index (χ1) is 23.9. The van der Waals surface area contributed by atoms with Gasteiger partial charge >= 0.3 is 19.5 Å². The van der Waals surface area contributed by atoms with Crippen LogP contribution in [0.25, 0.3) is 20.8 Å². The van der Waals surface area contributed by atoms with E-state index in [0.717, 1.165) is 36.4 Å². The molecule has 1 saturated heterocycles. The molecule has 4 aromatic carbocycles. The molecule has 1 fully saturated rings. The molecule has 0 atom stereocenters. The summed E-state index contributed by atoms with van der Waals surface area (Å²) in [5.74, 6) is -3.09. The van der Waals surface area contributed by atoms with Gasteiger partial charge in [0.05, 0.1) is 40.5 Å². The molecule has 5 rings (SSSR count). The van der Waals surface area contributed by atoms with Crippen molar-refractivity contribution >= 4 is 35.6 Å². The normalized spacial score (nSPS) is 14.7. The standard InChI is InChI=1S/C15H8F5N.C13H17BF2O2.C8H3ClF3N/c1-8-11(16)6-9(7-12(8)17)14-10(15(18,19)20)4-3-5-13(14)21-2;1-8-10(15)6-9(7-11(8)16)14-17-12(2,3)13(4,5)18-14;1-13-6-4-2-3-5(7(6)9)8(10,11)12/h3-7H,1H3;6-7H,1-5H3;2-4H. The third-order valence-corrected chi connectivity index (χ3v) is 8.67. The van der Waals surface area contributed by atoms with Gasteiger partial charge in [-0.2, -0.15) is 26.3 Å². The zero-order valence-electron chi connectivity index (χ0n) is 28.2. The summed E-state index contributed by atoms with van der Waals surface area (Å²) in [5, 5.41) is -0.537. The Morgan fingerprint density at radius 2 is 1.02 bits per heavy atom. The Morgan fingerprint density at radius 3 is 1.42 bits per heavy atom. The molecule has 1 aliphatic rings. The summed E-state index contributed by atoms with van der Waals surface area (Å²) >= 11 is 5.36. The Balaban J connectivity index is 0.000000216. The Kier molecular flexibility index (Phi) is 12.5. The van der Waals surface area contributed by atoms with Gasteiger partial charge < -0.3 is 9.31 Å². The van der Waals surface area contributed by atoms with Crippen LogP contribution in [0.3, 0.4) is 0 Å². The minimum atomic E-state index is -4.73. The van der Waals surface area contributed by atoms with Crippen LogP contribution in [-0.4, -0.2) is 18.3 Å². The van der Waals surface area contributed by atoms with Crippen molar-refractivity contribution in [2.45, 2.75) is 65.1 Å². The first kappa shape index (κ1) is 41.9. The topological polar surface area (TPSA) is 27.2 Å². The Bertz CT molecular complexity index is 1990. The van der Waals surface area contributed by atoms with Gasteiger partial charge in [0, 0.05) is 11.1 Å². The molecule has 0 spiro atoms. The number of rotatable bonds is 2. The fraction of sp³-hybridized carbons (Fsp3) is 0.278. The quantitative estimate of drug-likeness (QED) is 0.116. The van der Waals surface area contributed by atoms with Gasteiger partial charge in [-0.1, -0.05) is 48.0 Å². The molecule has 52 heavy (non-hydrogen) atoms. The molecule has 0 aliphatic carbocycles. The summed E-state index contributed by atoms with van der Waals surface area (Å²) in [7, 11) is -0.736. The molecule has 1 heterocycles. The van der Waals surface area contributed by atoms with Gasteiger partial charge in [-0.05, 0) is 82.4 Å². The van der Waals surface area contributed by atoms with Crippen molar-refractivity contribution in [2.24, 2.45) is 0 Å². The van der Waals surface area contributed by atoms with Crippen molar-refractivity contribution in [2.75, 3.05) is 0 Å². The van der Waals surface area contributed by atoms with Crippen LogP contribution in [0.2, 0.25) is 5.02 Å². The molecule has 0 N–H and O–H groups in total. The lowest BCUT2D eigenvalue weighted by Gasteiger charge is -2.32. The second kappa shape index (κ2) is 15.6. The predicted octanol–water partition coefficient (Wildman–Crippen LogP) is 12.0. The second-order valence-electron chi connectivity index (χ2n) is 12.3. The van der Waals surface area contributed by atoms with Crippen LogP contribution in [-0.2, 0) is 21.7 Å². The van der Waals surface area contributed by atoms with E-state index in [1.54, 1.807) is 0 Å². The highest BCUT2D eigenvalue weighted by atomic mass is 35.5. The lowest BCUT2D eigenvalue weighted by molar-refractivity contribution is -0.138. The van der Waals surface area contributed by atoms with E-state index >= 15 is 0 Å². The molecule has 16 heteroatoms. The number of hydrogen-bond acceptors (Lipinski definition) is 2. The third-order valence-electron chi connectivity index (χ3n) is 8.27. The van der Waals surface area contributed by atoms with Crippen molar-refractivity contribution < 1.29 is 53.2 Å². The second-order valence-corrected chi connectivity index (χ2v) is 12.7. The molecule has 0 bridgehead atoms. The molecule has 1 aliphatic heterocycles. The molecule has 0 amide bonds. The van der Waals surface area contributed by atoms with Crippen LogP contribution < -0.4 is 5.46 Å². The largest absolute Gasteiger partial charge is 0.495 e. The fourth-order valence-electron chi connectivity index (χ4n) is 4.57. The van der Waals surface area contributed by atoms with Gasteiger partial charge in [0.1, 0.15) is 23.3 Å². The lowest BCUT2D eigenvalue weighted by atomic mass is 9.78. The van der Waals surface area contributed by atoms with E-state index in [0.29, 0.717) is 5.46 Å². The van der Waals surface area contributed by atoms with E-state index in [1.807, 2.05) is 27.7 Å². The minimum absolute atomic E-state index is 0.00951. The van der Waals surface area contributed by atoms with Crippen LogP contribution in [0.4, 0.5) is 55.3 Å². The Labute approximate surface area is 298 Å². The smallest absolute Gasteiger partial charge is 0.399 e. The van der Waals surface area contributed by atoms with Crippen LogP contribution in [0, 0.1) is 50.3 Å². The zero-order chi connectivity index (χ0) is 39.6.